The molecule has 3 nitrogen and oxygen atoms in total. The SMILES string of the molecule is CCOc1ccccc1NC(=S)NCc1cc(C)cc(C)c1. The van der Waals surface area contributed by atoms with E-state index >= 15 is 0 Å². The molecule has 0 aliphatic rings. The molecule has 0 spiro atoms. The first-order chi connectivity index (χ1) is 10.6. The van der Waals surface area contributed by atoms with Crippen molar-refractivity contribution in [2.75, 3.05) is 11.9 Å². The molecule has 0 atom stereocenters. The molecule has 22 heavy (non-hydrogen) atoms. The maximum absolute atomic E-state index is 5.58. The van der Waals surface area contributed by atoms with E-state index in [0.717, 1.165) is 11.4 Å². The summed E-state index contributed by atoms with van der Waals surface area (Å²) >= 11 is 5.37. The lowest BCUT2D eigenvalue weighted by molar-refractivity contribution is 0.342. The van der Waals surface area contributed by atoms with Crippen molar-refractivity contribution < 1.29 is 4.74 Å². The fraction of sp³-hybridized carbons (Fsp3) is 0.278. The number of benzene rings is 2. The zero-order chi connectivity index (χ0) is 15.9. The van der Waals surface area contributed by atoms with Gasteiger partial charge >= 0.3 is 0 Å². The molecule has 0 aromatic heterocycles. The van der Waals surface area contributed by atoms with Crippen LogP contribution in [0.25, 0.3) is 0 Å². The van der Waals surface area contributed by atoms with Crippen molar-refractivity contribution in [3.63, 3.8) is 0 Å². The molecular weight excluding hydrogens is 292 g/mol. The highest BCUT2D eigenvalue weighted by Crippen LogP contribution is 2.23. The topological polar surface area (TPSA) is 33.3 Å². The number of thiocarbonyl (C=S) groups is 1. The van der Waals surface area contributed by atoms with E-state index in [2.05, 4.69) is 42.7 Å². The molecule has 2 N–H and O–H groups in total. The molecule has 116 valence electrons. The summed E-state index contributed by atoms with van der Waals surface area (Å²) in [5.41, 5.74) is 4.62. The smallest absolute Gasteiger partial charge is 0.171 e. The highest BCUT2D eigenvalue weighted by molar-refractivity contribution is 7.80. The summed E-state index contributed by atoms with van der Waals surface area (Å²) in [6.45, 7) is 7.50. The Kier molecular flexibility index (Phi) is 5.78. The van der Waals surface area contributed by atoms with Gasteiger partial charge in [-0.05, 0) is 50.7 Å². The van der Waals surface area contributed by atoms with E-state index in [1.165, 1.54) is 16.7 Å². The number of hydrogen-bond acceptors (Lipinski definition) is 2. The monoisotopic (exact) mass is 314 g/mol. The van der Waals surface area contributed by atoms with E-state index in [1.807, 2.05) is 31.2 Å². The maximum atomic E-state index is 5.58. The molecule has 4 heteroatoms. The van der Waals surface area contributed by atoms with Gasteiger partial charge < -0.3 is 15.4 Å². The van der Waals surface area contributed by atoms with Gasteiger partial charge in [-0.3, -0.25) is 0 Å². The van der Waals surface area contributed by atoms with E-state index in [4.69, 9.17) is 17.0 Å². The Morgan fingerprint density at radius 3 is 2.45 bits per heavy atom. The summed E-state index contributed by atoms with van der Waals surface area (Å²) in [7, 11) is 0. The second-order valence-electron chi connectivity index (χ2n) is 5.23. The molecular formula is C18H22N2OS. The molecule has 0 aliphatic carbocycles. The molecule has 0 unspecified atom stereocenters. The van der Waals surface area contributed by atoms with Gasteiger partial charge in [0.25, 0.3) is 0 Å². The summed E-state index contributed by atoms with van der Waals surface area (Å²) in [5.74, 6) is 0.806. The van der Waals surface area contributed by atoms with Gasteiger partial charge in [0.05, 0.1) is 12.3 Å². The Bertz CT molecular complexity index is 635. The number of hydrogen-bond donors (Lipinski definition) is 2. The molecule has 2 aromatic carbocycles. The standard InChI is InChI=1S/C18H22N2OS/c1-4-21-17-8-6-5-7-16(17)20-18(22)19-12-15-10-13(2)9-14(3)11-15/h5-11H,4,12H2,1-3H3,(H2,19,20,22). The molecule has 0 bridgehead atoms. The Labute approximate surface area is 137 Å². The van der Waals surface area contributed by atoms with Gasteiger partial charge in [0.1, 0.15) is 5.75 Å². The van der Waals surface area contributed by atoms with Crippen LogP contribution in [0.2, 0.25) is 0 Å². The molecule has 2 rings (SSSR count). The van der Waals surface area contributed by atoms with E-state index in [0.29, 0.717) is 18.3 Å². The third kappa shape index (κ3) is 4.74. The van der Waals surface area contributed by atoms with Crippen LogP contribution in [0.3, 0.4) is 0 Å². The first kappa shape index (κ1) is 16.3. The first-order valence-corrected chi connectivity index (χ1v) is 7.83. The highest BCUT2D eigenvalue weighted by atomic mass is 32.1. The quantitative estimate of drug-likeness (QED) is 0.811. The molecule has 0 aliphatic heterocycles. The summed E-state index contributed by atoms with van der Waals surface area (Å²) < 4.78 is 5.58. The Hall–Kier alpha value is -2.07. The third-order valence-electron chi connectivity index (χ3n) is 3.17. The van der Waals surface area contributed by atoms with Gasteiger partial charge in [0.2, 0.25) is 0 Å². The largest absolute Gasteiger partial charge is 0.492 e. The fourth-order valence-electron chi connectivity index (χ4n) is 2.37. The lowest BCUT2D eigenvalue weighted by atomic mass is 10.1. The van der Waals surface area contributed by atoms with Crippen molar-refractivity contribution in [3.8, 4) is 5.75 Å². The van der Waals surface area contributed by atoms with Gasteiger partial charge in [-0.15, -0.1) is 0 Å². The van der Waals surface area contributed by atoms with Crippen molar-refractivity contribution in [1.29, 1.82) is 0 Å². The van der Waals surface area contributed by atoms with E-state index < -0.39 is 0 Å². The zero-order valence-corrected chi connectivity index (χ0v) is 14.1. The number of nitrogens with one attached hydrogen (secondary N) is 2. The van der Waals surface area contributed by atoms with Crippen molar-refractivity contribution in [1.82, 2.24) is 5.32 Å². The van der Waals surface area contributed by atoms with Gasteiger partial charge in [0.15, 0.2) is 5.11 Å². The number of rotatable bonds is 5. The average molecular weight is 314 g/mol. The highest BCUT2D eigenvalue weighted by Gasteiger charge is 2.04. The average Bonchev–Trinajstić information content (AvgIpc) is 2.46. The number of ether oxygens (including phenoxy) is 1. The normalized spacial score (nSPS) is 10.1. The molecule has 0 heterocycles. The van der Waals surface area contributed by atoms with Crippen LogP contribution in [0.4, 0.5) is 5.69 Å². The number of aryl methyl sites for hydroxylation is 2. The predicted octanol–water partition coefficient (Wildman–Crippen LogP) is 4.19. The van der Waals surface area contributed by atoms with Crippen LogP contribution in [0.15, 0.2) is 42.5 Å². The molecule has 0 amide bonds. The van der Waals surface area contributed by atoms with Crippen molar-refractivity contribution >= 4 is 23.0 Å². The minimum absolute atomic E-state index is 0.589. The predicted molar refractivity (Wildman–Crippen MR) is 96.6 cm³/mol. The van der Waals surface area contributed by atoms with Crippen LogP contribution >= 0.6 is 12.2 Å². The Morgan fingerprint density at radius 1 is 1.09 bits per heavy atom. The van der Waals surface area contributed by atoms with Crippen LogP contribution < -0.4 is 15.4 Å². The van der Waals surface area contributed by atoms with Crippen LogP contribution in [0.1, 0.15) is 23.6 Å². The summed E-state index contributed by atoms with van der Waals surface area (Å²) in [4.78, 5) is 0. The number of anilines is 1. The van der Waals surface area contributed by atoms with Crippen molar-refractivity contribution in [2.24, 2.45) is 0 Å². The van der Waals surface area contributed by atoms with E-state index in [9.17, 15) is 0 Å². The maximum Gasteiger partial charge on any atom is 0.171 e. The first-order valence-electron chi connectivity index (χ1n) is 7.42. The minimum Gasteiger partial charge on any atom is -0.492 e. The van der Waals surface area contributed by atoms with Crippen LogP contribution in [0.5, 0.6) is 5.75 Å². The summed E-state index contributed by atoms with van der Waals surface area (Å²) in [5, 5.41) is 7.02. The van der Waals surface area contributed by atoms with Crippen molar-refractivity contribution in [3.05, 3.63) is 59.2 Å². The van der Waals surface area contributed by atoms with Crippen LogP contribution in [-0.2, 0) is 6.54 Å². The Morgan fingerprint density at radius 2 is 1.77 bits per heavy atom. The van der Waals surface area contributed by atoms with E-state index in [-0.39, 0.29) is 0 Å². The zero-order valence-electron chi connectivity index (χ0n) is 13.3. The second-order valence-corrected chi connectivity index (χ2v) is 5.64. The summed E-state index contributed by atoms with van der Waals surface area (Å²) in [6.07, 6.45) is 0. The van der Waals surface area contributed by atoms with Gasteiger partial charge in [-0.1, -0.05) is 41.5 Å². The summed E-state index contributed by atoms with van der Waals surface area (Å²) in [6, 6.07) is 14.3. The third-order valence-corrected chi connectivity index (χ3v) is 3.42. The second kappa shape index (κ2) is 7.80. The van der Waals surface area contributed by atoms with Crippen LogP contribution in [-0.4, -0.2) is 11.7 Å². The van der Waals surface area contributed by atoms with Gasteiger partial charge in [-0.25, -0.2) is 0 Å². The lowest BCUT2D eigenvalue weighted by Crippen LogP contribution is -2.28. The Balaban J connectivity index is 1.96. The van der Waals surface area contributed by atoms with E-state index in [1.54, 1.807) is 0 Å². The lowest BCUT2D eigenvalue weighted by Gasteiger charge is -2.14. The van der Waals surface area contributed by atoms with Crippen LogP contribution in [0, 0.1) is 13.8 Å². The van der Waals surface area contributed by atoms with Crippen molar-refractivity contribution in [2.45, 2.75) is 27.3 Å². The van der Waals surface area contributed by atoms with Gasteiger partial charge in [0, 0.05) is 6.54 Å². The number of para-hydroxylation sites is 2. The molecule has 0 saturated carbocycles. The molecule has 0 saturated heterocycles. The minimum atomic E-state index is 0.589. The molecule has 0 radical (unpaired) electrons. The van der Waals surface area contributed by atoms with Gasteiger partial charge in [-0.2, -0.15) is 0 Å². The fourth-order valence-corrected chi connectivity index (χ4v) is 2.55. The molecule has 0 fully saturated rings. The molecule has 2 aromatic rings.